The van der Waals surface area contributed by atoms with Crippen LogP contribution in [-0.4, -0.2) is 44.1 Å². The van der Waals surface area contributed by atoms with Gasteiger partial charge in [0.15, 0.2) is 0 Å². The highest BCUT2D eigenvalue weighted by atomic mass is 32.2. The first-order valence-electron chi connectivity index (χ1n) is 6.30. The van der Waals surface area contributed by atoms with E-state index in [9.17, 15) is 8.42 Å². The second-order valence-electron chi connectivity index (χ2n) is 4.64. The number of piperidine rings is 1. The molecule has 0 saturated carbocycles. The van der Waals surface area contributed by atoms with Crippen molar-refractivity contribution in [2.24, 2.45) is 0 Å². The number of rotatable bonds is 4. The van der Waals surface area contributed by atoms with Crippen LogP contribution in [0, 0.1) is 0 Å². The van der Waals surface area contributed by atoms with Crippen molar-refractivity contribution in [2.75, 3.05) is 20.2 Å². The summed E-state index contributed by atoms with van der Waals surface area (Å²) in [6.45, 7) is 0.894. The zero-order valence-corrected chi connectivity index (χ0v) is 11.8. The highest BCUT2D eigenvalue weighted by molar-refractivity contribution is 7.89. The third-order valence-electron chi connectivity index (χ3n) is 3.48. The summed E-state index contributed by atoms with van der Waals surface area (Å²) in [6.07, 6.45) is 1.61. The normalized spacial score (nSPS) is 18.6. The molecular formula is C13H19NO4S. The van der Waals surface area contributed by atoms with Crippen molar-refractivity contribution in [2.45, 2.75) is 30.4 Å². The van der Waals surface area contributed by atoms with E-state index < -0.39 is 10.0 Å². The van der Waals surface area contributed by atoms with Crippen LogP contribution in [0.5, 0.6) is 0 Å². The maximum absolute atomic E-state index is 12.4. The minimum Gasteiger partial charge on any atom is -0.392 e. The smallest absolute Gasteiger partial charge is 0.243 e. The number of aliphatic hydroxyl groups excluding tert-OH is 1. The summed E-state index contributed by atoms with van der Waals surface area (Å²) in [4.78, 5) is 0.278. The molecule has 0 atom stereocenters. The lowest BCUT2D eigenvalue weighted by atomic mass is 10.1. The van der Waals surface area contributed by atoms with Crippen LogP contribution in [0.15, 0.2) is 29.2 Å². The maximum atomic E-state index is 12.4. The van der Waals surface area contributed by atoms with Crippen molar-refractivity contribution in [3.63, 3.8) is 0 Å². The number of hydrogen-bond donors (Lipinski definition) is 1. The Morgan fingerprint density at radius 3 is 2.32 bits per heavy atom. The van der Waals surface area contributed by atoms with Crippen LogP contribution in [0.1, 0.15) is 18.4 Å². The Labute approximate surface area is 113 Å². The van der Waals surface area contributed by atoms with Crippen molar-refractivity contribution in [1.82, 2.24) is 4.31 Å². The highest BCUT2D eigenvalue weighted by Gasteiger charge is 2.29. The minimum atomic E-state index is -3.42. The summed E-state index contributed by atoms with van der Waals surface area (Å²) in [7, 11) is -1.77. The molecule has 0 unspecified atom stereocenters. The molecule has 0 amide bonds. The molecule has 1 aromatic carbocycles. The molecule has 1 fully saturated rings. The topological polar surface area (TPSA) is 66.8 Å². The molecular weight excluding hydrogens is 266 g/mol. The van der Waals surface area contributed by atoms with E-state index in [1.165, 1.54) is 4.31 Å². The fraction of sp³-hybridized carbons (Fsp3) is 0.538. The van der Waals surface area contributed by atoms with Gasteiger partial charge in [-0.1, -0.05) is 12.1 Å². The Morgan fingerprint density at radius 1 is 1.26 bits per heavy atom. The predicted molar refractivity (Wildman–Crippen MR) is 71.2 cm³/mol. The van der Waals surface area contributed by atoms with Crippen LogP contribution in [0.4, 0.5) is 0 Å². The van der Waals surface area contributed by atoms with Crippen LogP contribution >= 0.6 is 0 Å². The molecule has 19 heavy (non-hydrogen) atoms. The first-order chi connectivity index (χ1) is 9.07. The van der Waals surface area contributed by atoms with Gasteiger partial charge in [-0.05, 0) is 30.5 Å². The molecule has 1 saturated heterocycles. The van der Waals surface area contributed by atoms with Crippen molar-refractivity contribution in [3.05, 3.63) is 29.8 Å². The SMILES string of the molecule is COC1CCN(S(=O)(=O)c2ccc(CO)cc2)CC1. The molecule has 0 radical (unpaired) electrons. The second-order valence-corrected chi connectivity index (χ2v) is 6.58. The van der Waals surface area contributed by atoms with E-state index >= 15 is 0 Å². The number of hydrogen-bond acceptors (Lipinski definition) is 4. The Kier molecular flexibility index (Phi) is 4.57. The number of nitrogens with zero attached hydrogens (tertiary/aromatic N) is 1. The Bertz CT molecular complexity index is 504. The van der Waals surface area contributed by atoms with Crippen LogP contribution < -0.4 is 0 Å². The molecule has 1 aliphatic heterocycles. The third kappa shape index (κ3) is 3.14. The Hall–Kier alpha value is -0.950. The number of aliphatic hydroxyl groups is 1. The summed E-state index contributed by atoms with van der Waals surface area (Å²) in [6, 6.07) is 6.36. The Morgan fingerprint density at radius 2 is 1.84 bits per heavy atom. The standard InChI is InChI=1S/C13H19NO4S/c1-18-12-6-8-14(9-7-12)19(16,17)13-4-2-11(10-15)3-5-13/h2-5,12,15H,6-10H2,1H3. The van der Waals surface area contributed by atoms with E-state index in [1.54, 1.807) is 31.4 Å². The summed E-state index contributed by atoms with van der Waals surface area (Å²) < 4.78 is 31.5. The van der Waals surface area contributed by atoms with Crippen LogP contribution in [-0.2, 0) is 21.4 Å². The minimum absolute atomic E-state index is 0.0838. The van der Waals surface area contributed by atoms with Gasteiger partial charge in [-0.25, -0.2) is 8.42 Å². The number of ether oxygens (including phenoxy) is 1. The van der Waals surface area contributed by atoms with Crippen molar-refractivity contribution < 1.29 is 18.3 Å². The first-order valence-corrected chi connectivity index (χ1v) is 7.74. The molecule has 1 aromatic rings. The molecule has 0 spiro atoms. The fourth-order valence-corrected chi connectivity index (χ4v) is 3.69. The van der Waals surface area contributed by atoms with Gasteiger partial charge in [0.25, 0.3) is 0 Å². The molecule has 106 valence electrons. The average molecular weight is 285 g/mol. The van der Waals surface area contributed by atoms with Crippen molar-refractivity contribution in [3.8, 4) is 0 Å². The van der Waals surface area contributed by atoms with E-state index in [4.69, 9.17) is 9.84 Å². The van der Waals surface area contributed by atoms with Crippen LogP contribution in [0.3, 0.4) is 0 Å². The zero-order valence-electron chi connectivity index (χ0n) is 10.9. The van der Waals surface area contributed by atoms with Gasteiger partial charge in [0, 0.05) is 20.2 Å². The molecule has 1 aliphatic rings. The van der Waals surface area contributed by atoms with E-state index in [0.29, 0.717) is 18.7 Å². The van der Waals surface area contributed by atoms with Crippen LogP contribution in [0.25, 0.3) is 0 Å². The first kappa shape index (κ1) is 14.5. The van der Waals surface area contributed by atoms with Gasteiger partial charge in [-0.15, -0.1) is 0 Å². The summed E-state index contributed by atoms with van der Waals surface area (Å²) in [5, 5.41) is 8.96. The van der Waals surface area contributed by atoms with E-state index in [-0.39, 0.29) is 17.6 Å². The summed E-state index contributed by atoms with van der Waals surface area (Å²) in [5.41, 5.74) is 0.706. The summed E-state index contributed by atoms with van der Waals surface area (Å²) in [5.74, 6) is 0. The van der Waals surface area contributed by atoms with Crippen molar-refractivity contribution in [1.29, 1.82) is 0 Å². The van der Waals surface area contributed by atoms with Gasteiger partial charge in [0.05, 0.1) is 17.6 Å². The fourth-order valence-electron chi connectivity index (χ4n) is 2.22. The van der Waals surface area contributed by atoms with Crippen molar-refractivity contribution >= 4 is 10.0 Å². The summed E-state index contributed by atoms with van der Waals surface area (Å²) >= 11 is 0. The van der Waals surface area contributed by atoms with Gasteiger partial charge in [0.1, 0.15) is 0 Å². The quantitative estimate of drug-likeness (QED) is 0.895. The zero-order chi connectivity index (χ0) is 13.9. The lowest BCUT2D eigenvalue weighted by Gasteiger charge is -2.30. The van der Waals surface area contributed by atoms with E-state index in [1.807, 2.05) is 0 Å². The van der Waals surface area contributed by atoms with Gasteiger partial charge in [-0.2, -0.15) is 4.31 Å². The second kappa shape index (κ2) is 6.00. The monoisotopic (exact) mass is 285 g/mol. The Balaban J connectivity index is 2.13. The van der Waals surface area contributed by atoms with Gasteiger partial charge >= 0.3 is 0 Å². The molecule has 1 heterocycles. The lowest BCUT2D eigenvalue weighted by Crippen LogP contribution is -2.40. The molecule has 0 aromatic heterocycles. The third-order valence-corrected chi connectivity index (χ3v) is 5.39. The van der Waals surface area contributed by atoms with Gasteiger partial charge in [-0.3, -0.25) is 0 Å². The molecule has 2 rings (SSSR count). The van der Waals surface area contributed by atoms with Gasteiger partial charge in [0.2, 0.25) is 10.0 Å². The molecule has 0 bridgehead atoms. The number of benzene rings is 1. The van der Waals surface area contributed by atoms with E-state index in [0.717, 1.165) is 12.8 Å². The highest BCUT2D eigenvalue weighted by Crippen LogP contribution is 2.22. The lowest BCUT2D eigenvalue weighted by molar-refractivity contribution is 0.0604. The average Bonchev–Trinajstić information content (AvgIpc) is 2.47. The maximum Gasteiger partial charge on any atom is 0.243 e. The molecule has 1 N–H and O–H groups in total. The number of methoxy groups -OCH3 is 1. The molecule has 5 nitrogen and oxygen atoms in total. The van der Waals surface area contributed by atoms with Gasteiger partial charge < -0.3 is 9.84 Å². The molecule has 0 aliphatic carbocycles. The number of sulfonamides is 1. The molecule has 6 heteroatoms. The van der Waals surface area contributed by atoms with E-state index in [2.05, 4.69) is 0 Å². The largest absolute Gasteiger partial charge is 0.392 e. The van der Waals surface area contributed by atoms with Crippen LogP contribution in [0.2, 0.25) is 0 Å². The predicted octanol–water partition coefficient (Wildman–Crippen LogP) is 0.978.